The molecule has 0 aliphatic carbocycles. The molecule has 0 aromatic heterocycles. The number of allylic oxidation sites excluding steroid dienone is 1. The first-order valence-electron chi connectivity index (χ1n) is 11.1. The molecule has 1 atom stereocenters. The number of esters is 1. The van der Waals surface area contributed by atoms with Gasteiger partial charge in [0.25, 0.3) is 0 Å². The number of rotatable bonds is 5. The van der Waals surface area contributed by atoms with Crippen LogP contribution in [0.1, 0.15) is 22.6 Å². The van der Waals surface area contributed by atoms with Crippen LogP contribution < -0.4 is 19.9 Å². The van der Waals surface area contributed by atoms with Crippen LogP contribution in [0.3, 0.4) is 0 Å². The number of methoxy groups -OCH3 is 1. The lowest BCUT2D eigenvalue weighted by Gasteiger charge is -2.27. The molecule has 0 bridgehead atoms. The second-order valence-electron chi connectivity index (χ2n) is 8.19. The molecule has 0 radical (unpaired) electrons. The first-order chi connectivity index (χ1) is 17.1. The molecule has 4 aromatic rings. The molecule has 0 fully saturated rings. The van der Waals surface area contributed by atoms with Crippen molar-refractivity contribution in [2.24, 2.45) is 5.73 Å². The predicted molar refractivity (Wildman–Crippen MR) is 132 cm³/mol. The summed E-state index contributed by atoms with van der Waals surface area (Å²) in [6.07, 6.45) is 0.112. The lowest BCUT2D eigenvalue weighted by molar-refractivity contribution is -0.133. The summed E-state index contributed by atoms with van der Waals surface area (Å²) >= 11 is 0. The fourth-order valence-electron chi connectivity index (χ4n) is 4.40. The van der Waals surface area contributed by atoms with Gasteiger partial charge < -0.3 is 19.9 Å². The molecular weight excluding hydrogens is 440 g/mol. The standard InChI is InChI=1S/C29H22N2O4/c1-33-20-11-9-18(10-12-20)15-27(32)34-21-13-14-24-26(16-21)35-29(31)25(17-30)28(24)23-8-4-6-19-5-2-3-7-22(19)23/h2-14,16,28H,15,31H2,1H3. The molecule has 1 unspecified atom stereocenters. The van der Waals surface area contributed by atoms with E-state index in [9.17, 15) is 10.1 Å². The molecule has 1 aliphatic heterocycles. The number of fused-ring (bicyclic) bond motifs is 2. The highest BCUT2D eigenvalue weighted by Crippen LogP contribution is 2.45. The summed E-state index contributed by atoms with van der Waals surface area (Å²) in [6.45, 7) is 0. The van der Waals surface area contributed by atoms with Gasteiger partial charge in [-0.3, -0.25) is 4.79 Å². The van der Waals surface area contributed by atoms with Crippen LogP contribution in [-0.4, -0.2) is 13.1 Å². The largest absolute Gasteiger partial charge is 0.497 e. The van der Waals surface area contributed by atoms with Gasteiger partial charge >= 0.3 is 5.97 Å². The number of nitrogens with two attached hydrogens (primary N) is 1. The van der Waals surface area contributed by atoms with E-state index in [2.05, 4.69) is 6.07 Å². The van der Waals surface area contributed by atoms with E-state index in [1.54, 1.807) is 31.4 Å². The van der Waals surface area contributed by atoms with Gasteiger partial charge in [-0.25, -0.2) is 0 Å². The molecular formula is C29H22N2O4. The van der Waals surface area contributed by atoms with Crippen LogP contribution >= 0.6 is 0 Å². The van der Waals surface area contributed by atoms with Crippen LogP contribution in [0.25, 0.3) is 10.8 Å². The number of carbonyl (C=O) groups excluding carboxylic acids is 1. The maximum absolute atomic E-state index is 12.5. The van der Waals surface area contributed by atoms with Crippen molar-refractivity contribution >= 4 is 16.7 Å². The summed E-state index contributed by atoms with van der Waals surface area (Å²) in [4.78, 5) is 12.5. The average molecular weight is 463 g/mol. The second-order valence-corrected chi connectivity index (χ2v) is 8.19. The molecule has 1 aliphatic rings. The molecule has 4 aromatic carbocycles. The summed E-state index contributed by atoms with van der Waals surface area (Å²) in [5, 5.41) is 12.0. The lowest BCUT2D eigenvalue weighted by atomic mass is 9.81. The van der Waals surface area contributed by atoms with E-state index in [0.29, 0.717) is 17.1 Å². The SMILES string of the molecule is COc1ccc(CC(=O)Oc2ccc3c(c2)OC(N)=C(C#N)C3c2cccc3ccccc23)cc1. The van der Waals surface area contributed by atoms with Gasteiger partial charge in [-0.15, -0.1) is 0 Å². The number of nitrogens with zero attached hydrogens (tertiary/aromatic N) is 1. The molecule has 35 heavy (non-hydrogen) atoms. The number of ether oxygens (including phenoxy) is 3. The fraction of sp³-hybridized carbons (Fsp3) is 0.103. The summed E-state index contributed by atoms with van der Waals surface area (Å²) < 4.78 is 16.5. The molecule has 6 heteroatoms. The minimum Gasteiger partial charge on any atom is -0.497 e. The van der Waals surface area contributed by atoms with Crippen LogP contribution in [-0.2, 0) is 11.2 Å². The Morgan fingerprint density at radius 2 is 1.71 bits per heavy atom. The molecule has 172 valence electrons. The Kier molecular flexibility index (Phi) is 5.82. The average Bonchev–Trinajstić information content (AvgIpc) is 2.88. The van der Waals surface area contributed by atoms with E-state index < -0.39 is 11.9 Å². The molecule has 0 saturated heterocycles. The van der Waals surface area contributed by atoms with Crippen molar-refractivity contribution in [3.63, 3.8) is 0 Å². The van der Waals surface area contributed by atoms with Crippen LogP contribution in [0.4, 0.5) is 0 Å². The third-order valence-corrected chi connectivity index (χ3v) is 6.06. The number of hydrogen-bond donors (Lipinski definition) is 1. The minimum atomic E-state index is -0.405. The van der Waals surface area contributed by atoms with Gasteiger partial charge in [0.05, 0.1) is 19.4 Å². The predicted octanol–water partition coefficient (Wildman–Crippen LogP) is 5.21. The highest BCUT2D eigenvalue weighted by atomic mass is 16.5. The van der Waals surface area contributed by atoms with Gasteiger partial charge in [0, 0.05) is 11.6 Å². The smallest absolute Gasteiger partial charge is 0.315 e. The zero-order valence-corrected chi connectivity index (χ0v) is 19.0. The highest BCUT2D eigenvalue weighted by Gasteiger charge is 2.32. The Hall–Kier alpha value is -4.76. The van der Waals surface area contributed by atoms with Crippen molar-refractivity contribution in [1.29, 1.82) is 5.26 Å². The Labute approximate surface area is 202 Å². The topological polar surface area (TPSA) is 94.6 Å². The molecule has 6 nitrogen and oxygen atoms in total. The van der Waals surface area contributed by atoms with Gasteiger partial charge in [-0.05, 0) is 40.1 Å². The second kappa shape index (κ2) is 9.24. The first-order valence-corrected chi connectivity index (χ1v) is 11.1. The molecule has 0 amide bonds. The zero-order chi connectivity index (χ0) is 24.4. The lowest BCUT2D eigenvalue weighted by Crippen LogP contribution is -2.21. The number of benzene rings is 4. The zero-order valence-electron chi connectivity index (χ0n) is 19.0. The Balaban J connectivity index is 1.46. The molecule has 2 N–H and O–H groups in total. The van der Waals surface area contributed by atoms with E-state index in [-0.39, 0.29) is 12.3 Å². The molecule has 0 saturated carbocycles. The summed E-state index contributed by atoms with van der Waals surface area (Å²) in [5.41, 5.74) is 9.06. The van der Waals surface area contributed by atoms with E-state index in [4.69, 9.17) is 19.9 Å². The maximum Gasteiger partial charge on any atom is 0.315 e. The number of hydrogen-bond acceptors (Lipinski definition) is 6. The van der Waals surface area contributed by atoms with Gasteiger partial charge in [-0.1, -0.05) is 60.7 Å². The van der Waals surface area contributed by atoms with Gasteiger partial charge in [0.2, 0.25) is 5.88 Å². The third-order valence-electron chi connectivity index (χ3n) is 6.06. The van der Waals surface area contributed by atoms with Crippen molar-refractivity contribution < 1.29 is 19.0 Å². The summed E-state index contributed by atoms with van der Waals surface area (Å²) in [7, 11) is 1.59. The Morgan fingerprint density at radius 1 is 0.971 bits per heavy atom. The third kappa shape index (κ3) is 4.28. The Bertz CT molecular complexity index is 1490. The number of carbonyl (C=O) groups is 1. The van der Waals surface area contributed by atoms with E-state index in [1.165, 1.54) is 0 Å². The summed E-state index contributed by atoms with van der Waals surface area (Å²) in [6, 6.07) is 28.6. The van der Waals surface area contributed by atoms with Crippen molar-refractivity contribution in [3.05, 3.63) is 113 Å². The molecule has 0 spiro atoms. The van der Waals surface area contributed by atoms with Crippen LogP contribution in [0, 0.1) is 11.3 Å². The molecule has 1 heterocycles. The van der Waals surface area contributed by atoms with E-state index in [1.807, 2.05) is 60.7 Å². The first kappa shape index (κ1) is 22.1. The fourth-order valence-corrected chi connectivity index (χ4v) is 4.40. The monoisotopic (exact) mass is 462 g/mol. The van der Waals surface area contributed by atoms with Crippen molar-refractivity contribution in [2.45, 2.75) is 12.3 Å². The summed E-state index contributed by atoms with van der Waals surface area (Å²) in [5.74, 6) is 0.745. The van der Waals surface area contributed by atoms with Crippen molar-refractivity contribution in [1.82, 2.24) is 0 Å². The minimum absolute atomic E-state index is 0.0413. The van der Waals surface area contributed by atoms with Gasteiger partial charge in [0.1, 0.15) is 28.9 Å². The highest BCUT2D eigenvalue weighted by molar-refractivity contribution is 5.87. The number of nitriles is 1. The quantitative estimate of drug-likeness (QED) is 0.323. The Morgan fingerprint density at radius 3 is 2.49 bits per heavy atom. The van der Waals surface area contributed by atoms with E-state index in [0.717, 1.165) is 33.2 Å². The van der Waals surface area contributed by atoms with Crippen LogP contribution in [0.2, 0.25) is 0 Å². The van der Waals surface area contributed by atoms with Crippen LogP contribution in [0.5, 0.6) is 17.2 Å². The van der Waals surface area contributed by atoms with Gasteiger partial charge in [0.15, 0.2) is 0 Å². The van der Waals surface area contributed by atoms with E-state index >= 15 is 0 Å². The van der Waals surface area contributed by atoms with Crippen molar-refractivity contribution in [3.8, 4) is 23.3 Å². The maximum atomic E-state index is 12.5. The van der Waals surface area contributed by atoms with Gasteiger partial charge in [-0.2, -0.15) is 5.26 Å². The van der Waals surface area contributed by atoms with Crippen molar-refractivity contribution in [2.75, 3.05) is 7.11 Å². The van der Waals surface area contributed by atoms with Crippen LogP contribution in [0.15, 0.2) is 96.4 Å². The molecule has 5 rings (SSSR count). The normalized spacial score (nSPS) is 14.6.